The molecule has 0 heterocycles. The van der Waals surface area contributed by atoms with Gasteiger partial charge in [-0.1, -0.05) is 50.6 Å². The SMILES string of the molecule is CC(C)(C)c1ccc(S(=O)(=O)NCc2ccc(Cl)c(C(F)(F)F)c2)cc1. The molecule has 26 heavy (non-hydrogen) atoms. The third-order valence-electron chi connectivity index (χ3n) is 3.83. The summed E-state index contributed by atoms with van der Waals surface area (Å²) in [5.74, 6) is 0. The van der Waals surface area contributed by atoms with Crippen molar-refractivity contribution in [3.63, 3.8) is 0 Å². The Morgan fingerprint density at radius 2 is 1.58 bits per heavy atom. The molecule has 1 N–H and O–H groups in total. The van der Waals surface area contributed by atoms with Crippen LogP contribution in [0.15, 0.2) is 47.4 Å². The molecule has 0 fully saturated rings. The molecule has 0 spiro atoms. The second-order valence-corrected chi connectivity index (χ2v) is 9.09. The van der Waals surface area contributed by atoms with Crippen molar-refractivity contribution in [3.8, 4) is 0 Å². The van der Waals surface area contributed by atoms with Gasteiger partial charge in [0.2, 0.25) is 10.0 Å². The molecule has 0 aliphatic rings. The van der Waals surface area contributed by atoms with Crippen LogP contribution < -0.4 is 4.72 Å². The van der Waals surface area contributed by atoms with Crippen molar-refractivity contribution >= 4 is 21.6 Å². The van der Waals surface area contributed by atoms with Gasteiger partial charge in [0.05, 0.1) is 15.5 Å². The molecule has 2 aromatic carbocycles. The topological polar surface area (TPSA) is 46.2 Å². The fourth-order valence-corrected chi connectivity index (χ4v) is 3.54. The number of benzene rings is 2. The lowest BCUT2D eigenvalue weighted by Crippen LogP contribution is -2.23. The van der Waals surface area contributed by atoms with E-state index in [9.17, 15) is 21.6 Å². The summed E-state index contributed by atoms with van der Waals surface area (Å²) in [5, 5.41) is -0.429. The van der Waals surface area contributed by atoms with Crippen LogP contribution in [0.5, 0.6) is 0 Å². The van der Waals surface area contributed by atoms with Crippen molar-refractivity contribution in [2.24, 2.45) is 0 Å². The number of alkyl halides is 3. The Kier molecular flexibility index (Phi) is 5.75. The van der Waals surface area contributed by atoms with Crippen LogP contribution in [0.1, 0.15) is 37.5 Å². The Hall–Kier alpha value is -1.57. The molecular formula is C18H19ClF3NO2S. The molecule has 0 aliphatic carbocycles. The molecule has 0 atom stereocenters. The summed E-state index contributed by atoms with van der Waals surface area (Å²) in [6, 6.07) is 9.69. The monoisotopic (exact) mass is 405 g/mol. The Balaban J connectivity index is 2.18. The normalized spacial score (nSPS) is 13.0. The van der Waals surface area contributed by atoms with Gasteiger partial charge in [0.15, 0.2) is 0 Å². The first-order valence-corrected chi connectivity index (χ1v) is 9.63. The summed E-state index contributed by atoms with van der Waals surface area (Å²) in [4.78, 5) is 0.0514. The summed E-state index contributed by atoms with van der Waals surface area (Å²) in [5.41, 5.74) is 0.0264. The summed E-state index contributed by atoms with van der Waals surface area (Å²) >= 11 is 5.56. The van der Waals surface area contributed by atoms with E-state index in [1.807, 2.05) is 20.8 Å². The Morgan fingerprint density at radius 1 is 1.00 bits per heavy atom. The summed E-state index contributed by atoms with van der Waals surface area (Å²) in [7, 11) is -3.84. The highest BCUT2D eigenvalue weighted by molar-refractivity contribution is 7.89. The van der Waals surface area contributed by atoms with Gasteiger partial charge in [0, 0.05) is 6.54 Å². The standard InChI is InChI=1S/C18H19ClF3NO2S/c1-17(2,3)13-5-7-14(8-6-13)26(24,25)23-11-12-4-9-16(19)15(10-12)18(20,21)22/h4-10,23H,11H2,1-3H3. The van der Waals surface area contributed by atoms with E-state index in [0.717, 1.165) is 17.7 Å². The van der Waals surface area contributed by atoms with Gasteiger partial charge < -0.3 is 0 Å². The number of hydrogen-bond acceptors (Lipinski definition) is 2. The minimum atomic E-state index is -4.60. The van der Waals surface area contributed by atoms with Crippen molar-refractivity contribution in [3.05, 3.63) is 64.2 Å². The first-order chi connectivity index (χ1) is 11.8. The van der Waals surface area contributed by atoms with Crippen LogP contribution in [-0.4, -0.2) is 8.42 Å². The van der Waals surface area contributed by atoms with Gasteiger partial charge in [-0.15, -0.1) is 0 Å². The molecule has 0 unspecified atom stereocenters. The maximum atomic E-state index is 12.9. The van der Waals surface area contributed by atoms with E-state index < -0.39 is 26.8 Å². The molecule has 8 heteroatoms. The second-order valence-electron chi connectivity index (χ2n) is 6.91. The minimum Gasteiger partial charge on any atom is -0.207 e. The lowest BCUT2D eigenvalue weighted by Gasteiger charge is -2.19. The van der Waals surface area contributed by atoms with Crippen molar-refractivity contribution in [1.82, 2.24) is 4.72 Å². The lowest BCUT2D eigenvalue weighted by molar-refractivity contribution is -0.137. The predicted molar refractivity (Wildman–Crippen MR) is 95.6 cm³/mol. The van der Waals surface area contributed by atoms with Crippen LogP contribution in [0.2, 0.25) is 5.02 Å². The van der Waals surface area contributed by atoms with Crippen LogP contribution in [0.4, 0.5) is 13.2 Å². The summed E-state index contributed by atoms with van der Waals surface area (Å²) < 4.78 is 65.7. The van der Waals surface area contributed by atoms with Crippen molar-refractivity contribution < 1.29 is 21.6 Å². The van der Waals surface area contributed by atoms with E-state index in [2.05, 4.69) is 4.72 Å². The van der Waals surface area contributed by atoms with Gasteiger partial charge in [-0.3, -0.25) is 0 Å². The van der Waals surface area contributed by atoms with Gasteiger partial charge >= 0.3 is 6.18 Å². The Labute approximate surface area is 156 Å². The molecule has 0 radical (unpaired) electrons. The Morgan fingerprint density at radius 3 is 2.08 bits per heavy atom. The second kappa shape index (κ2) is 7.21. The maximum Gasteiger partial charge on any atom is 0.417 e. The van der Waals surface area contributed by atoms with Gasteiger partial charge in [0.25, 0.3) is 0 Å². The molecule has 0 saturated carbocycles. The van der Waals surface area contributed by atoms with E-state index in [1.165, 1.54) is 18.2 Å². The third kappa shape index (κ3) is 4.99. The van der Waals surface area contributed by atoms with Gasteiger partial charge in [-0.25, -0.2) is 13.1 Å². The lowest BCUT2D eigenvalue weighted by atomic mass is 9.87. The molecule has 142 valence electrons. The van der Waals surface area contributed by atoms with E-state index in [0.29, 0.717) is 0 Å². The van der Waals surface area contributed by atoms with E-state index in [4.69, 9.17) is 11.6 Å². The smallest absolute Gasteiger partial charge is 0.207 e. The molecule has 0 aromatic heterocycles. The molecule has 0 saturated heterocycles. The van der Waals surface area contributed by atoms with Gasteiger partial charge in [-0.05, 0) is 40.8 Å². The molecule has 2 rings (SSSR count). The van der Waals surface area contributed by atoms with Crippen molar-refractivity contribution in [2.75, 3.05) is 0 Å². The maximum absolute atomic E-state index is 12.9. The third-order valence-corrected chi connectivity index (χ3v) is 5.58. The number of sulfonamides is 1. The largest absolute Gasteiger partial charge is 0.417 e. The van der Waals surface area contributed by atoms with Crippen LogP contribution in [0.3, 0.4) is 0 Å². The first kappa shape index (κ1) is 20.7. The quantitative estimate of drug-likeness (QED) is 0.766. The Bertz CT molecular complexity index is 886. The number of hydrogen-bond donors (Lipinski definition) is 1. The number of nitrogens with one attached hydrogen (secondary N) is 1. The fraction of sp³-hybridized carbons (Fsp3) is 0.333. The molecule has 0 bridgehead atoms. The van der Waals surface area contributed by atoms with Crippen molar-refractivity contribution in [2.45, 2.75) is 43.8 Å². The fourth-order valence-electron chi connectivity index (χ4n) is 2.30. The molecular weight excluding hydrogens is 387 g/mol. The zero-order chi connectivity index (χ0) is 19.8. The molecule has 0 aliphatic heterocycles. The van der Waals surface area contributed by atoms with Crippen LogP contribution in [0, 0.1) is 0 Å². The van der Waals surface area contributed by atoms with E-state index in [-0.39, 0.29) is 22.4 Å². The number of halogens is 4. The van der Waals surface area contributed by atoms with Crippen LogP contribution >= 0.6 is 11.6 Å². The molecule has 2 aromatic rings. The summed E-state index contributed by atoms with van der Waals surface area (Å²) in [6.45, 7) is 5.75. The highest BCUT2D eigenvalue weighted by Crippen LogP contribution is 2.35. The highest BCUT2D eigenvalue weighted by atomic mass is 35.5. The van der Waals surface area contributed by atoms with Crippen LogP contribution in [-0.2, 0) is 28.2 Å². The zero-order valence-electron chi connectivity index (χ0n) is 14.5. The highest BCUT2D eigenvalue weighted by Gasteiger charge is 2.33. The zero-order valence-corrected chi connectivity index (χ0v) is 16.1. The average Bonchev–Trinajstić information content (AvgIpc) is 2.52. The van der Waals surface area contributed by atoms with Gasteiger partial charge in [-0.2, -0.15) is 13.2 Å². The van der Waals surface area contributed by atoms with Crippen molar-refractivity contribution in [1.29, 1.82) is 0 Å². The van der Waals surface area contributed by atoms with Crippen LogP contribution in [0.25, 0.3) is 0 Å². The summed E-state index contributed by atoms with van der Waals surface area (Å²) in [6.07, 6.45) is -4.60. The molecule has 3 nitrogen and oxygen atoms in total. The minimum absolute atomic E-state index is 0.0514. The average molecular weight is 406 g/mol. The van der Waals surface area contributed by atoms with E-state index in [1.54, 1.807) is 12.1 Å². The number of rotatable bonds is 4. The van der Waals surface area contributed by atoms with Gasteiger partial charge in [0.1, 0.15) is 0 Å². The first-order valence-electron chi connectivity index (χ1n) is 7.76. The predicted octanol–water partition coefficient (Wildman–Crippen LogP) is 5.13. The molecule has 0 amide bonds. The van der Waals surface area contributed by atoms with E-state index >= 15 is 0 Å².